The van der Waals surface area contributed by atoms with Crippen LogP contribution in [0.5, 0.6) is 0 Å². The molecule has 6 heteroatoms. The maximum atomic E-state index is 11.5. The molecule has 1 heterocycles. The number of hydrogen-bond donors (Lipinski definition) is 1. The Balaban J connectivity index is 2.77. The molecule has 1 aromatic heterocycles. The van der Waals surface area contributed by atoms with Gasteiger partial charge in [0.15, 0.2) is 0 Å². The predicted octanol–water partition coefficient (Wildman–Crippen LogP) is 0.539. The monoisotopic (exact) mass is 229 g/mol. The smallest absolute Gasteiger partial charge is 0.260 e. The van der Waals surface area contributed by atoms with Gasteiger partial charge in [0.05, 0.1) is 11.7 Å². The number of hydrogen-bond acceptors (Lipinski definition) is 3. The summed E-state index contributed by atoms with van der Waals surface area (Å²) in [7, 11) is -0.443. The normalized spacial score (nSPS) is 14.1. The molecule has 0 spiro atoms. The number of aromatic nitrogens is 1. The van der Waals surface area contributed by atoms with Crippen molar-refractivity contribution in [3.63, 3.8) is 0 Å². The van der Waals surface area contributed by atoms with Gasteiger partial charge < -0.3 is 0 Å². The third-order valence-corrected chi connectivity index (χ3v) is 3.55. The molecule has 0 amide bonds. The summed E-state index contributed by atoms with van der Waals surface area (Å²) in [5.41, 5.74) is 0.697. The van der Waals surface area contributed by atoms with Gasteiger partial charge in [0, 0.05) is 20.3 Å². The number of pyridine rings is 1. The predicted molar refractivity (Wildman–Crippen MR) is 58.4 cm³/mol. The first-order chi connectivity index (χ1) is 6.93. The van der Waals surface area contributed by atoms with E-state index in [2.05, 4.69) is 9.71 Å². The van der Waals surface area contributed by atoms with Gasteiger partial charge in [-0.1, -0.05) is 6.07 Å². The zero-order valence-electron chi connectivity index (χ0n) is 9.01. The van der Waals surface area contributed by atoms with Crippen LogP contribution in [0, 0.1) is 0 Å². The van der Waals surface area contributed by atoms with E-state index >= 15 is 0 Å². The highest BCUT2D eigenvalue weighted by Crippen LogP contribution is 2.09. The van der Waals surface area contributed by atoms with Crippen molar-refractivity contribution in [3.8, 4) is 0 Å². The van der Waals surface area contributed by atoms with Crippen LogP contribution < -0.4 is 4.72 Å². The minimum Gasteiger partial charge on any atom is -0.260 e. The summed E-state index contributed by atoms with van der Waals surface area (Å²) in [5.74, 6) is 0. The van der Waals surface area contributed by atoms with Crippen LogP contribution in [-0.2, 0) is 10.2 Å². The Morgan fingerprint density at radius 1 is 1.40 bits per heavy atom. The molecule has 15 heavy (non-hydrogen) atoms. The molecule has 0 aromatic carbocycles. The Bertz CT molecular complexity index is 403. The zero-order valence-corrected chi connectivity index (χ0v) is 9.82. The molecule has 1 N–H and O–H groups in total. The first-order valence-electron chi connectivity index (χ1n) is 4.54. The van der Waals surface area contributed by atoms with E-state index in [-0.39, 0.29) is 6.04 Å². The molecule has 0 fully saturated rings. The fourth-order valence-corrected chi connectivity index (χ4v) is 1.80. The first kappa shape index (κ1) is 12.1. The number of nitrogens with one attached hydrogen (secondary N) is 1. The summed E-state index contributed by atoms with van der Waals surface area (Å²) < 4.78 is 26.6. The second kappa shape index (κ2) is 4.69. The summed E-state index contributed by atoms with van der Waals surface area (Å²) in [6.07, 6.45) is 1.63. The van der Waals surface area contributed by atoms with Gasteiger partial charge in [-0.15, -0.1) is 0 Å². The van der Waals surface area contributed by atoms with Gasteiger partial charge in [-0.2, -0.15) is 17.4 Å². The minimum atomic E-state index is -3.40. The van der Waals surface area contributed by atoms with Gasteiger partial charge in [-0.3, -0.25) is 4.98 Å². The van der Waals surface area contributed by atoms with E-state index in [0.717, 1.165) is 4.31 Å². The molecule has 1 rings (SSSR count). The maximum absolute atomic E-state index is 11.5. The lowest BCUT2D eigenvalue weighted by atomic mass is 10.2. The van der Waals surface area contributed by atoms with Gasteiger partial charge in [0.2, 0.25) is 0 Å². The van der Waals surface area contributed by atoms with Crippen molar-refractivity contribution in [3.05, 3.63) is 30.1 Å². The van der Waals surface area contributed by atoms with Crippen molar-refractivity contribution >= 4 is 10.2 Å². The lowest BCUT2D eigenvalue weighted by molar-refractivity contribution is 0.493. The van der Waals surface area contributed by atoms with E-state index in [9.17, 15) is 8.42 Å². The van der Waals surface area contributed by atoms with Crippen LogP contribution >= 0.6 is 0 Å². The second-order valence-electron chi connectivity index (χ2n) is 3.38. The van der Waals surface area contributed by atoms with E-state index < -0.39 is 10.2 Å². The first-order valence-corrected chi connectivity index (χ1v) is 5.98. The van der Waals surface area contributed by atoms with Crippen LogP contribution in [0.3, 0.4) is 0 Å². The van der Waals surface area contributed by atoms with Crippen molar-refractivity contribution in [2.45, 2.75) is 13.0 Å². The highest BCUT2D eigenvalue weighted by atomic mass is 32.2. The fraction of sp³-hybridized carbons (Fsp3) is 0.444. The Morgan fingerprint density at radius 3 is 2.53 bits per heavy atom. The Kier molecular flexibility index (Phi) is 3.78. The molecule has 84 valence electrons. The highest BCUT2D eigenvalue weighted by Gasteiger charge is 2.18. The lowest BCUT2D eigenvalue weighted by Crippen LogP contribution is -2.37. The van der Waals surface area contributed by atoms with E-state index in [1.165, 1.54) is 14.1 Å². The van der Waals surface area contributed by atoms with E-state index in [1.807, 2.05) is 6.07 Å². The lowest BCUT2D eigenvalue weighted by Gasteiger charge is -2.17. The average Bonchev–Trinajstić information content (AvgIpc) is 2.18. The van der Waals surface area contributed by atoms with Crippen LogP contribution in [0.1, 0.15) is 18.7 Å². The SMILES string of the molecule is C[C@@H](NS(=O)(=O)N(C)C)c1ccccn1. The van der Waals surface area contributed by atoms with Crippen LogP contribution in [0.15, 0.2) is 24.4 Å². The van der Waals surface area contributed by atoms with Crippen molar-refractivity contribution in [1.82, 2.24) is 14.0 Å². The van der Waals surface area contributed by atoms with Gasteiger partial charge >= 0.3 is 0 Å². The molecule has 1 atom stereocenters. The zero-order chi connectivity index (χ0) is 11.5. The van der Waals surface area contributed by atoms with E-state index in [4.69, 9.17) is 0 Å². The van der Waals surface area contributed by atoms with Gasteiger partial charge in [0.25, 0.3) is 10.2 Å². The van der Waals surface area contributed by atoms with E-state index in [0.29, 0.717) is 5.69 Å². The number of nitrogens with zero attached hydrogens (tertiary/aromatic N) is 2. The van der Waals surface area contributed by atoms with Crippen molar-refractivity contribution < 1.29 is 8.42 Å². The summed E-state index contributed by atoms with van der Waals surface area (Å²) in [5, 5.41) is 0. The third kappa shape index (κ3) is 3.26. The second-order valence-corrected chi connectivity index (χ2v) is 5.30. The fourth-order valence-electron chi connectivity index (χ4n) is 1.02. The molecule has 0 aliphatic heterocycles. The molecular weight excluding hydrogens is 214 g/mol. The maximum Gasteiger partial charge on any atom is 0.279 e. The molecule has 0 aliphatic rings. The van der Waals surface area contributed by atoms with Crippen LogP contribution in [0.4, 0.5) is 0 Å². The third-order valence-electron chi connectivity index (χ3n) is 1.94. The molecule has 0 bridgehead atoms. The van der Waals surface area contributed by atoms with Gasteiger partial charge in [0.1, 0.15) is 0 Å². The molecule has 0 saturated heterocycles. The molecule has 0 unspecified atom stereocenters. The molecule has 5 nitrogen and oxygen atoms in total. The quantitative estimate of drug-likeness (QED) is 0.819. The summed E-state index contributed by atoms with van der Waals surface area (Å²) in [6, 6.07) is 5.06. The Morgan fingerprint density at radius 2 is 2.07 bits per heavy atom. The van der Waals surface area contributed by atoms with Crippen LogP contribution in [-0.4, -0.2) is 31.8 Å². The average molecular weight is 229 g/mol. The molecule has 0 aliphatic carbocycles. The van der Waals surface area contributed by atoms with Crippen LogP contribution in [0.25, 0.3) is 0 Å². The van der Waals surface area contributed by atoms with E-state index in [1.54, 1.807) is 25.3 Å². The molecule has 0 radical (unpaired) electrons. The molecule has 0 saturated carbocycles. The minimum absolute atomic E-state index is 0.335. The summed E-state index contributed by atoms with van der Waals surface area (Å²) in [6.45, 7) is 1.75. The number of rotatable bonds is 4. The molecular formula is C9H15N3O2S. The Labute approximate surface area is 90.3 Å². The highest BCUT2D eigenvalue weighted by molar-refractivity contribution is 7.87. The topological polar surface area (TPSA) is 62.3 Å². The molecule has 1 aromatic rings. The summed E-state index contributed by atoms with van der Waals surface area (Å²) >= 11 is 0. The van der Waals surface area contributed by atoms with Crippen molar-refractivity contribution in [2.24, 2.45) is 0 Å². The van der Waals surface area contributed by atoms with Crippen LogP contribution in [0.2, 0.25) is 0 Å². The van der Waals surface area contributed by atoms with Gasteiger partial charge in [-0.25, -0.2) is 0 Å². The largest absolute Gasteiger partial charge is 0.279 e. The van der Waals surface area contributed by atoms with Gasteiger partial charge in [-0.05, 0) is 19.1 Å². The van der Waals surface area contributed by atoms with Crippen molar-refractivity contribution in [1.29, 1.82) is 0 Å². The summed E-state index contributed by atoms with van der Waals surface area (Å²) in [4.78, 5) is 4.08. The Hall–Kier alpha value is -0.980. The standard InChI is InChI=1S/C9H15N3O2S/c1-8(9-6-4-5-7-10-9)11-15(13,14)12(2)3/h4-8,11H,1-3H3/t8-/m1/s1. The van der Waals surface area contributed by atoms with Crippen molar-refractivity contribution in [2.75, 3.05) is 14.1 Å².